The zero-order valence-electron chi connectivity index (χ0n) is 11.4. The Kier molecular flexibility index (Phi) is 4.78. The van der Waals surface area contributed by atoms with E-state index in [0.29, 0.717) is 0 Å². The van der Waals surface area contributed by atoms with Gasteiger partial charge in [0.25, 0.3) is 0 Å². The maximum absolute atomic E-state index is 13.1. The molecule has 2 aromatic carbocycles. The predicted molar refractivity (Wildman–Crippen MR) is 83.2 cm³/mol. The maximum Gasteiger partial charge on any atom is 0.124 e. The Hall–Kier alpha value is -1.39. The van der Waals surface area contributed by atoms with Gasteiger partial charge in [-0.05, 0) is 37.6 Å². The Balaban J connectivity index is 2.26. The van der Waals surface area contributed by atoms with E-state index in [1.807, 2.05) is 31.2 Å². The summed E-state index contributed by atoms with van der Waals surface area (Å²) >= 11 is 3.38. The molecule has 0 fully saturated rings. The lowest BCUT2D eigenvalue weighted by molar-refractivity contribution is 0.200. The second-order valence-corrected chi connectivity index (χ2v) is 5.65. The highest BCUT2D eigenvalue weighted by atomic mass is 79.9. The zero-order chi connectivity index (χ0) is 14.7. The average Bonchev–Trinajstić information content (AvgIpc) is 2.38. The van der Waals surface area contributed by atoms with Crippen molar-refractivity contribution in [1.29, 1.82) is 0 Å². The zero-order valence-corrected chi connectivity index (χ0v) is 13.0. The Morgan fingerprint density at radius 1 is 1.10 bits per heavy atom. The summed E-state index contributed by atoms with van der Waals surface area (Å²) in [6.45, 7) is 3.73. The second-order valence-electron chi connectivity index (χ2n) is 4.80. The van der Waals surface area contributed by atoms with E-state index in [1.54, 1.807) is 13.0 Å². The van der Waals surface area contributed by atoms with Gasteiger partial charge in [0.15, 0.2) is 0 Å². The number of anilines is 1. The van der Waals surface area contributed by atoms with Gasteiger partial charge in [0, 0.05) is 21.8 Å². The Labute approximate surface area is 126 Å². The van der Waals surface area contributed by atoms with E-state index in [-0.39, 0.29) is 11.9 Å². The number of nitrogens with one attached hydrogen (secondary N) is 1. The minimum Gasteiger partial charge on any atom is -0.389 e. The first-order chi connectivity index (χ1) is 9.49. The molecule has 106 valence electrons. The summed E-state index contributed by atoms with van der Waals surface area (Å²) in [5, 5.41) is 13.1. The summed E-state index contributed by atoms with van der Waals surface area (Å²) < 4.78 is 13.9. The molecule has 0 spiro atoms. The number of aliphatic hydroxyl groups is 1. The number of hydrogen-bond donors (Lipinski definition) is 2. The van der Waals surface area contributed by atoms with Crippen LogP contribution in [0, 0.1) is 5.82 Å². The molecular weight excluding hydrogens is 321 g/mol. The quantitative estimate of drug-likeness (QED) is 0.838. The summed E-state index contributed by atoms with van der Waals surface area (Å²) in [5.41, 5.74) is 2.69. The summed E-state index contributed by atoms with van der Waals surface area (Å²) in [6, 6.07) is 12.3. The van der Waals surface area contributed by atoms with Gasteiger partial charge >= 0.3 is 0 Å². The molecule has 4 heteroatoms. The molecule has 2 aromatic rings. The van der Waals surface area contributed by atoms with E-state index in [2.05, 4.69) is 21.2 Å². The standard InChI is InChI=1S/C16H17BrFNO/c1-10(13-8-7-12(18)9-15(13)17)19-16-6-4-3-5-14(16)11(2)20/h3-11,19-20H,1-2H3. The first kappa shape index (κ1) is 15.0. The van der Waals surface area contributed by atoms with Crippen LogP contribution < -0.4 is 5.32 Å². The first-order valence-electron chi connectivity index (χ1n) is 6.47. The lowest BCUT2D eigenvalue weighted by atomic mass is 10.0. The molecule has 0 heterocycles. The molecule has 2 unspecified atom stereocenters. The van der Waals surface area contributed by atoms with Gasteiger partial charge in [0.2, 0.25) is 0 Å². The van der Waals surface area contributed by atoms with E-state index in [0.717, 1.165) is 21.3 Å². The van der Waals surface area contributed by atoms with E-state index < -0.39 is 6.10 Å². The molecule has 2 nitrogen and oxygen atoms in total. The predicted octanol–water partition coefficient (Wildman–Crippen LogP) is 4.81. The molecule has 0 saturated carbocycles. The number of rotatable bonds is 4. The van der Waals surface area contributed by atoms with E-state index in [1.165, 1.54) is 12.1 Å². The summed E-state index contributed by atoms with van der Waals surface area (Å²) in [6.07, 6.45) is -0.539. The first-order valence-corrected chi connectivity index (χ1v) is 7.27. The minimum absolute atomic E-state index is 0.00938. The molecular formula is C16H17BrFNO. The highest BCUT2D eigenvalue weighted by Gasteiger charge is 2.13. The topological polar surface area (TPSA) is 32.3 Å². The van der Waals surface area contributed by atoms with E-state index in [9.17, 15) is 9.50 Å². The van der Waals surface area contributed by atoms with Crippen molar-refractivity contribution in [3.05, 3.63) is 63.9 Å². The van der Waals surface area contributed by atoms with Crippen molar-refractivity contribution in [2.45, 2.75) is 26.0 Å². The van der Waals surface area contributed by atoms with Crippen molar-refractivity contribution in [3.63, 3.8) is 0 Å². The largest absolute Gasteiger partial charge is 0.389 e. The number of hydrogen-bond acceptors (Lipinski definition) is 2. The molecule has 0 saturated heterocycles. The SMILES string of the molecule is CC(O)c1ccccc1NC(C)c1ccc(F)cc1Br. The number of aliphatic hydroxyl groups excluding tert-OH is 1. The third-order valence-electron chi connectivity index (χ3n) is 3.21. The van der Waals surface area contributed by atoms with Crippen molar-refractivity contribution in [1.82, 2.24) is 0 Å². The van der Waals surface area contributed by atoms with Gasteiger partial charge < -0.3 is 10.4 Å². The highest BCUT2D eigenvalue weighted by Crippen LogP contribution is 2.30. The molecule has 2 N–H and O–H groups in total. The van der Waals surface area contributed by atoms with Gasteiger partial charge in [-0.2, -0.15) is 0 Å². The number of para-hydroxylation sites is 1. The highest BCUT2D eigenvalue weighted by molar-refractivity contribution is 9.10. The van der Waals surface area contributed by atoms with Gasteiger partial charge in [-0.3, -0.25) is 0 Å². The van der Waals surface area contributed by atoms with Crippen LogP contribution in [0.15, 0.2) is 46.9 Å². The van der Waals surface area contributed by atoms with Crippen LogP contribution in [0.1, 0.15) is 37.1 Å². The summed E-state index contributed by atoms with van der Waals surface area (Å²) in [5.74, 6) is -0.266. The fourth-order valence-corrected chi connectivity index (χ4v) is 2.85. The minimum atomic E-state index is -0.539. The van der Waals surface area contributed by atoms with Crippen LogP contribution in [-0.4, -0.2) is 5.11 Å². The molecule has 0 aromatic heterocycles. The van der Waals surface area contributed by atoms with Gasteiger partial charge in [0.05, 0.1) is 6.10 Å². The molecule has 0 aliphatic heterocycles. The Morgan fingerprint density at radius 3 is 2.45 bits per heavy atom. The van der Waals surface area contributed by atoms with Gasteiger partial charge in [0.1, 0.15) is 5.82 Å². The fraction of sp³-hybridized carbons (Fsp3) is 0.250. The lowest BCUT2D eigenvalue weighted by Crippen LogP contribution is -2.10. The molecule has 2 rings (SSSR count). The summed E-state index contributed by atoms with van der Waals surface area (Å²) in [7, 11) is 0. The molecule has 0 bridgehead atoms. The smallest absolute Gasteiger partial charge is 0.124 e. The van der Waals surface area contributed by atoms with Crippen molar-refractivity contribution in [2.24, 2.45) is 0 Å². The second kappa shape index (κ2) is 6.37. The fourth-order valence-electron chi connectivity index (χ4n) is 2.16. The van der Waals surface area contributed by atoms with Crippen LogP contribution in [0.5, 0.6) is 0 Å². The van der Waals surface area contributed by atoms with Crippen LogP contribution in [0.25, 0.3) is 0 Å². The monoisotopic (exact) mass is 337 g/mol. The van der Waals surface area contributed by atoms with Gasteiger partial charge in [-0.1, -0.05) is 40.2 Å². The Bertz CT molecular complexity index is 601. The summed E-state index contributed by atoms with van der Waals surface area (Å²) in [4.78, 5) is 0. The average molecular weight is 338 g/mol. The number of benzene rings is 2. The van der Waals surface area contributed by atoms with Gasteiger partial charge in [-0.25, -0.2) is 4.39 Å². The van der Waals surface area contributed by atoms with Crippen molar-refractivity contribution >= 4 is 21.6 Å². The van der Waals surface area contributed by atoms with Crippen LogP contribution in [0.3, 0.4) is 0 Å². The van der Waals surface area contributed by atoms with Crippen LogP contribution in [0.2, 0.25) is 0 Å². The molecule has 0 amide bonds. The molecule has 0 aliphatic rings. The van der Waals surface area contributed by atoms with Crippen LogP contribution >= 0.6 is 15.9 Å². The normalized spacial score (nSPS) is 13.8. The molecule has 0 aliphatic carbocycles. The number of halogens is 2. The maximum atomic E-state index is 13.1. The molecule has 2 atom stereocenters. The third-order valence-corrected chi connectivity index (χ3v) is 3.90. The van der Waals surface area contributed by atoms with E-state index in [4.69, 9.17) is 0 Å². The molecule has 20 heavy (non-hydrogen) atoms. The van der Waals surface area contributed by atoms with Gasteiger partial charge in [-0.15, -0.1) is 0 Å². The van der Waals surface area contributed by atoms with Crippen molar-refractivity contribution in [2.75, 3.05) is 5.32 Å². The lowest BCUT2D eigenvalue weighted by Gasteiger charge is -2.20. The van der Waals surface area contributed by atoms with Crippen molar-refractivity contribution in [3.8, 4) is 0 Å². The molecule has 0 radical (unpaired) electrons. The third kappa shape index (κ3) is 3.38. The van der Waals surface area contributed by atoms with E-state index >= 15 is 0 Å². The Morgan fingerprint density at radius 2 is 1.80 bits per heavy atom. The van der Waals surface area contributed by atoms with Crippen LogP contribution in [0.4, 0.5) is 10.1 Å². The van der Waals surface area contributed by atoms with Crippen LogP contribution in [-0.2, 0) is 0 Å². The van der Waals surface area contributed by atoms with Crippen molar-refractivity contribution < 1.29 is 9.50 Å².